The number of nitrogens with one attached hydrogen (secondary N) is 2. The molecule has 0 amide bonds. The topological polar surface area (TPSA) is 66.0 Å². The Morgan fingerprint density at radius 3 is 2.73 bits per heavy atom. The Kier molecular flexibility index (Phi) is 6.39. The lowest BCUT2D eigenvalue weighted by Crippen LogP contribution is -2.46. The number of anilines is 1. The second kappa shape index (κ2) is 8.33. The lowest BCUT2D eigenvalue weighted by atomic mass is 10.2. The fraction of sp³-hybridized carbons (Fsp3) is 0.556. The molecule has 1 aromatic rings. The van der Waals surface area contributed by atoms with Crippen LogP contribution in [0.2, 0.25) is 0 Å². The number of halogens is 2. The summed E-state index contributed by atoms with van der Waals surface area (Å²) in [5.74, 6) is -1.06. The fourth-order valence-electron chi connectivity index (χ4n) is 2.76. The molecule has 6 nitrogen and oxygen atoms in total. The van der Waals surface area contributed by atoms with E-state index in [9.17, 15) is 13.6 Å². The maximum absolute atomic E-state index is 13.9. The Morgan fingerprint density at radius 2 is 2.12 bits per heavy atom. The van der Waals surface area contributed by atoms with E-state index >= 15 is 0 Å². The second-order valence-electron chi connectivity index (χ2n) is 7.18. The van der Waals surface area contributed by atoms with Crippen LogP contribution in [0.3, 0.4) is 0 Å². The van der Waals surface area contributed by atoms with Crippen molar-refractivity contribution in [1.29, 1.82) is 0 Å². The SMILES string of the molecule is CN=C(NCC(=O)OC(C)(C)C)NC1CCN(c2ccc(F)cc2F)C1. The molecule has 2 N–H and O–H groups in total. The minimum Gasteiger partial charge on any atom is -0.459 e. The minimum absolute atomic E-state index is 0.0000319. The van der Waals surface area contributed by atoms with Crippen molar-refractivity contribution in [2.75, 3.05) is 31.6 Å². The average Bonchev–Trinajstić information content (AvgIpc) is 2.98. The number of guanidine groups is 1. The lowest BCUT2D eigenvalue weighted by molar-refractivity contribution is -0.153. The monoisotopic (exact) mass is 368 g/mol. The summed E-state index contributed by atoms with van der Waals surface area (Å²) in [5.41, 5.74) is -0.159. The van der Waals surface area contributed by atoms with Gasteiger partial charge in [0.25, 0.3) is 0 Å². The molecule has 8 heteroatoms. The van der Waals surface area contributed by atoms with Gasteiger partial charge >= 0.3 is 5.97 Å². The number of aliphatic imine (C=N–C) groups is 1. The van der Waals surface area contributed by atoms with E-state index in [1.54, 1.807) is 27.8 Å². The second-order valence-corrected chi connectivity index (χ2v) is 7.18. The van der Waals surface area contributed by atoms with Gasteiger partial charge in [-0.15, -0.1) is 0 Å². The number of esters is 1. The van der Waals surface area contributed by atoms with Crippen molar-refractivity contribution in [2.24, 2.45) is 4.99 Å². The summed E-state index contributed by atoms with van der Waals surface area (Å²) in [6.07, 6.45) is 0.768. The summed E-state index contributed by atoms with van der Waals surface area (Å²) < 4.78 is 32.2. The molecule has 0 spiro atoms. The van der Waals surface area contributed by atoms with Gasteiger partial charge in [-0.1, -0.05) is 0 Å². The van der Waals surface area contributed by atoms with Crippen LogP contribution in [0.1, 0.15) is 27.2 Å². The van der Waals surface area contributed by atoms with E-state index < -0.39 is 17.2 Å². The van der Waals surface area contributed by atoms with Gasteiger partial charge in [0.05, 0.1) is 5.69 Å². The Hall–Kier alpha value is -2.38. The molecule has 144 valence electrons. The number of carbonyl (C=O) groups is 1. The Labute approximate surface area is 152 Å². The largest absolute Gasteiger partial charge is 0.459 e. The molecule has 0 saturated carbocycles. The Balaban J connectivity index is 1.85. The quantitative estimate of drug-likeness (QED) is 0.484. The zero-order chi connectivity index (χ0) is 19.3. The molecule has 0 radical (unpaired) electrons. The highest BCUT2D eigenvalue weighted by Gasteiger charge is 2.25. The number of nitrogens with zero attached hydrogens (tertiary/aromatic N) is 2. The summed E-state index contributed by atoms with van der Waals surface area (Å²) in [4.78, 5) is 17.7. The molecule has 1 aliphatic heterocycles. The zero-order valence-corrected chi connectivity index (χ0v) is 15.6. The molecule has 0 aromatic heterocycles. The van der Waals surface area contributed by atoms with Crippen molar-refractivity contribution in [2.45, 2.75) is 38.8 Å². The number of hydrogen-bond donors (Lipinski definition) is 2. The third kappa shape index (κ3) is 5.86. The molecule has 0 bridgehead atoms. The highest BCUT2D eigenvalue weighted by atomic mass is 19.1. The van der Waals surface area contributed by atoms with Crippen LogP contribution in [0.4, 0.5) is 14.5 Å². The highest BCUT2D eigenvalue weighted by molar-refractivity contribution is 5.84. The molecule has 1 heterocycles. The first-order chi connectivity index (χ1) is 12.2. The zero-order valence-electron chi connectivity index (χ0n) is 15.6. The third-order valence-electron chi connectivity index (χ3n) is 3.82. The summed E-state index contributed by atoms with van der Waals surface area (Å²) in [6.45, 7) is 6.61. The molecule has 1 atom stereocenters. The number of carbonyl (C=O) groups excluding carboxylic acids is 1. The molecular formula is C18H26F2N4O2. The first kappa shape index (κ1) is 19.9. The maximum Gasteiger partial charge on any atom is 0.325 e. The van der Waals surface area contributed by atoms with E-state index in [0.717, 1.165) is 12.5 Å². The van der Waals surface area contributed by atoms with Crippen molar-refractivity contribution < 1.29 is 18.3 Å². The van der Waals surface area contributed by atoms with Gasteiger partial charge in [-0.25, -0.2) is 8.78 Å². The van der Waals surface area contributed by atoms with E-state index in [0.29, 0.717) is 24.7 Å². The first-order valence-corrected chi connectivity index (χ1v) is 8.57. The highest BCUT2D eigenvalue weighted by Crippen LogP contribution is 2.24. The van der Waals surface area contributed by atoms with E-state index in [1.165, 1.54) is 12.1 Å². The van der Waals surface area contributed by atoms with E-state index in [4.69, 9.17) is 4.74 Å². The summed E-state index contributed by atoms with van der Waals surface area (Å²) in [5, 5.41) is 6.12. The van der Waals surface area contributed by atoms with Crippen molar-refractivity contribution >= 4 is 17.6 Å². The molecule has 1 fully saturated rings. The maximum atomic E-state index is 13.9. The molecule has 1 aliphatic rings. The standard InChI is InChI=1S/C18H26F2N4O2/c1-18(2,3)26-16(25)10-22-17(21-4)23-13-7-8-24(11-13)15-6-5-12(19)9-14(15)20/h5-6,9,13H,7-8,10-11H2,1-4H3,(H2,21,22,23). The van der Waals surface area contributed by atoms with Crippen LogP contribution in [0.15, 0.2) is 23.2 Å². The molecule has 1 aromatic carbocycles. The molecule has 2 rings (SSSR count). The number of rotatable bonds is 4. The lowest BCUT2D eigenvalue weighted by Gasteiger charge is -2.22. The van der Waals surface area contributed by atoms with E-state index in [2.05, 4.69) is 15.6 Å². The van der Waals surface area contributed by atoms with E-state index in [-0.39, 0.29) is 18.6 Å². The van der Waals surface area contributed by atoms with Crippen LogP contribution >= 0.6 is 0 Å². The van der Waals surface area contributed by atoms with Gasteiger partial charge in [0, 0.05) is 32.2 Å². The van der Waals surface area contributed by atoms with Crippen LogP contribution in [0, 0.1) is 11.6 Å². The average molecular weight is 368 g/mol. The fourth-order valence-corrected chi connectivity index (χ4v) is 2.76. The van der Waals surface area contributed by atoms with Crippen LogP contribution in [-0.2, 0) is 9.53 Å². The van der Waals surface area contributed by atoms with Gasteiger partial charge in [-0.3, -0.25) is 9.79 Å². The van der Waals surface area contributed by atoms with Crippen LogP contribution in [0.25, 0.3) is 0 Å². The first-order valence-electron chi connectivity index (χ1n) is 8.57. The van der Waals surface area contributed by atoms with Crippen LogP contribution in [-0.4, -0.2) is 50.3 Å². The van der Waals surface area contributed by atoms with Gasteiger partial charge in [0.1, 0.15) is 23.8 Å². The smallest absolute Gasteiger partial charge is 0.325 e. The number of benzene rings is 1. The summed E-state index contributed by atoms with van der Waals surface area (Å²) in [6, 6.07) is 3.62. The number of hydrogen-bond acceptors (Lipinski definition) is 4. The van der Waals surface area contributed by atoms with Gasteiger partial charge in [-0.2, -0.15) is 0 Å². The van der Waals surface area contributed by atoms with Gasteiger partial charge < -0.3 is 20.3 Å². The van der Waals surface area contributed by atoms with Gasteiger partial charge in [0.15, 0.2) is 5.96 Å². The van der Waals surface area contributed by atoms with E-state index in [1.807, 2.05) is 4.90 Å². The predicted molar refractivity (Wildman–Crippen MR) is 97.3 cm³/mol. The van der Waals surface area contributed by atoms with Crippen molar-refractivity contribution in [1.82, 2.24) is 10.6 Å². The molecule has 1 saturated heterocycles. The Morgan fingerprint density at radius 1 is 1.38 bits per heavy atom. The Bertz CT molecular complexity index is 674. The van der Waals surface area contributed by atoms with Crippen molar-refractivity contribution in [3.63, 3.8) is 0 Å². The minimum atomic E-state index is -0.591. The van der Waals surface area contributed by atoms with Crippen LogP contribution < -0.4 is 15.5 Å². The van der Waals surface area contributed by atoms with Gasteiger partial charge in [-0.05, 0) is 39.3 Å². The normalized spacial score (nSPS) is 18.0. The van der Waals surface area contributed by atoms with Crippen LogP contribution in [0.5, 0.6) is 0 Å². The molecule has 26 heavy (non-hydrogen) atoms. The molecule has 1 unspecified atom stereocenters. The summed E-state index contributed by atoms with van der Waals surface area (Å²) >= 11 is 0. The third-order valence-corrected chi connectivity index (χ3v) is 3.82. The number of ether oxygens (including phenoxy) is 1. The van der Waals surface area contributed by atoms with Gasteiger partial charge in [0.2, 0.25) is 0 Å². The summed E-state index contributed by atoms with van der Waals surface area (Å²) in [7, 11) is 1.61. The van der Waals surface area contributed by atoms with Crippen molar-refractivity contribution in [3.05, 3.63) is 29.8 Å². The molecule has 0 aliphatic carbocycles. The van der Waals surface area contributed by atoms with Crippen molar-refractivity contribution in [3.8, 4) is 0 Å². The predicted octanol–water partition coefficient (Wildman–Crippen LogP) is 2.05. The molecular weight excluding hydrogens is 342 g/mol.